The maximum absolute atomic E-state index is 14.7. The van der Waals surface area contributed by atoms with Gasteiger partial charge in [0.25, 0.3) is 0 Å². The molecule has 1 amide bonds. The van der Waals surface area contributed by atoms with Crippen LogP contribution in [0, 0.1) is 24.5 Å². The van der Waals surface area contributed by atoms with E-state index in [1.807, 2.05) is 13.8 Å². The quantitative estimate of drug-likeness (QED) is 0.627. The van der Waals surface area contributed by atoms with Crippen molar-refractivity contribution in [2.24, 2.45) is 5.92 Å². The van der Waals surface area contributed by atoms with Crippen LogP contribution in [0.5, 0.6) is 5.75 Å². The van der Waals surface area contributed by atoms with Gasteiger partial charge in [-0.2, -0.15) is 0 Å². The van der Waals surface area contributed by atoms with Gasteiger partial charge in [-0.3, -0.25) is 0 Å². The number of aromatic nitrogens is 2. The van der Waals surface area contributed by atoms with Crippen LogP contribution in [0.25, 0.3) is 11.3 Å². The van der Waals surface area contributed by atoms with Gasteiger partial charge in [0.05, 0.1) is 11.2 Å². The zero-order valence-corrected chi connectivity index (χ0v) is 19.2. The molecule has 1 atom stereocenters. The fourth-order valence-corrected chi connectivity index (χ4v) is 3.27. The number of nitrogens with zero attached hydrogens (tertiary/aromatic N) is 2. The van der Waals surface area contributed by atoms with Crippen LogP contribution < -0.4 is 10.1 Å². The first kappa shape index (κ1) is 24.5. The average molecular weight is 436 g/mol. The van der Waals surface area contributed by atoms with Gasteiger partial charge in [0.2, 0.25) is 0 Å². The zero-order chi connectivity index (χ0) is 23.4. The van der Waals surface area contributed by atoms with Crippen molar-refractivity contribution in [1.82, 2.24) is 15.3 Å². The van der Waals surface area contributed by atoms with Crippen molar-refractivity contribution >= 4 is 6.09 Å². The Morgan fingerprint density at radius 2 is 1.77 bits per heavy atom. The molecule has 0 aliphatic carbocycles. The van der Waals surface area contributed by atoms with Crippen molar-refractivity contribution in [1.29, 1.82) is 0 Å². The first-order chi connectivity index (χ1) is 14.3. The van der Waals surface area contributed by atoms with Crippen molar-refractivity contribution in [2.45, 2.75) is 66.0 Å². The molecule has 0 saturated heterocycles. The van der Waals surface area contributed by atoms with Crippen LogP contribution >= 0.6 is 0 Å². The van der Waals surface area contributed by atoms with E-state index in [-0.39, 0.29) is 29.5 Å². The molecule has 1 aromatic carbocycles. The lowest BCUT2D eigenvalue weighted by Crippen LogP contribution is -2.52. The molecule has 6 nitrogen and oxygen atoms in total. The highest BCUT2D eigenvalue weighted by molar-refractivity contribution is 5.68. The maximum Gasteiger partial charge on any atom is 0.408 e. The van der Waals surface area contributed by atoms with Crippen LogP contribution in [0.1, 0.15) is 53.7 Å². The van der Waals surface area contributed by atoms with E-state index in [1.54, 1.807) is 40.7 Å². The minimum atomic E-state index is -0.845. The van der Waals surface area contributed by atoms with Crippen molar-refractivity contribution in [3.05, 3.63) is 41.9 Å². The molecule has 1 aromatic heterocycles. The Morgan fingerprint density at radius 3 is 2.35 bits per heavy atom. The summed E-state index contributed by atoms with van der Waals surface area (Å²) in [4.78, 5) is 20.2. The van der Waals surface area contributed by atoms with E-state index in [0.717, 1.165) is 12.1 Å². The standard InChI is InChI=1S/C23H31F2N3O3/c1-14(2)11-23(7,28-21(29)31-22(4,5)6)12-30-20-10-17(24)16(9-18(20)25)19-8-15(3)26-13-27-19/h8-10,13-14H,11-12H2,1-7H3,(H,28,29)/t23-/m0/s1. The van der Waals surface area contributed by atoms with Crippen molar-refractivity contribution in [2.75, 3.05) is 6.61 Å². The zero-order valence-electron chi connectivity index (χ0n) is 19.2. The second-order valence-corrected chi connectivity index (χ2v) is 9.38. The molecule has 0 radical (unpaired) electrons. The number of nitrogens with one attached hydrogen (secondary N) is 1. The third-order valence-electron chi connectivity index (χ3n) is 4.31. The highest BCUT2D eigenvalue weighted by Crippen LogP contribution is 2.29. The van der Waals surface area contributed by atoms with Crippen LogP contribution in [0.4, 0.5) is 13.6 Å². The topological polar surface area (TPSA) is 73.3 Å². The molecule has 0 unspecified atom stereocenters. The summed E-state index contributed by atoms with van der Waals surface area (Å²) in [6, 6.07) is 3.61. The summed E-state index contributed by atoms with van der Waals surface area (Å²) in [5.74, 6) is -1.42. The Morgan fingerprint density at radius 1 is 1.10 bits per heavy atom. The van der Waals surface area contributed by atoms with E-state index in [0.29, 0.717) is 12.1 Å². The first-order valence-electron chi connectivity index (χ1n) is 10.2. The second kappa shape index (κ2) is 9.58. The first-order valence-corrected chi connectivity index (χ1v) is 10.2. The lowest BCUT2D eigenvalue weighted by molar-refractivity contribution is 0.0406. The molecular formula is C23H31F2N3O3. The van der Waals surface area contributed by atoms with Crippen molar-refractivity contribution in [3.8, 4) is 17.0 Å². The van der Waals surface area contributed by atoms with Crippen molar-refractivity contribution in [3.63, 3.8) is 0 Å². The summed E-state index contributed by atoms with van der Waals surface area (Å²) < 4.78 is 40.3. The van der Waals surface area contributed by atoms with Crippen LogP contribution in [0.3, 0.4) is 0 Å². The minimum Gasteiger partial charge on any atom is -0.488 e. The highest BCUT2D eigenvalue weighted by atomic mass is 19.1. The predicted octanol–water partition coefficient (Wildman–Crippen LogP) is 5.44. The van der Waals surface area contributed by atoms with Crippen molar-refractivity contribution < 1.29 is 23.0 Å². The molecule has 1 heterocycles. The molecule has 0 bridgehead atoms. The largest absolute Gasteiger partial charge is 0.488 e. The number of alkyl carbamates (subject to hydrolysis) is 1. The number of ether oxygens (including phenoxy) is 2. The number of hydrogen-bond donors (Lipinski definition) is 1. The van der Waals surface area contributed by atoms with E-state index in [9.17, 15) is 13.6 Å². The summed E-state index contributed by atoms with van der Waals surface area (Å²) in [7, 11) is 0. The summed E-state index contributed by atoms with van der Waals surface area (Å²) in [5.41, 5.74) is -0.558. The van der Waals surface area contributed by atoms with Gasteiger partial charge in [0.15, 0.2) is 11.6 Å². The Hall–Kier alpha value is -2.77. The molecule has 0 aliphatic rings. The number of hydrogen-bond acceptors (Lipinski definition) is 5. The van der Waals surface area contributed by atoms with Gasteiger partial charge in [-0.05, 0) is 59.1 Å². The van der Waals surface area contributed by atoms with Gasteiger partial charge in [-0.25, -0.2) is 23.5 Å². The molecule has 0 fully saturated rings. The Balaban J connectivity index is 2.21. The number of amides is 1. The normalized spacial score (nSPS) is 13.6. The molecular weight excluding hydrogens is 404 g/mol. The number of aryl methyl sites for hydroxylation is 1. The molecule has 0 spiro atoms. The number of halogens is 2. The molecule has 8 heteroatoms. The second-order valence-electron chi connectivity index (χ2n) is 9.38. The summed E-state index contributed by atoms with van der Waals surface area (Å²) in [6.45, 7) is 12.7. The Kier molecular flexibility index (Phi) is 7.57. The minimum absolute atomic E-state index is 0.0205. The van der Waals surface area contributed by atoms with Crippen LogP contribution in [-0.4, -0.2) is 33.8 Å². The highest BCUT2D eigenvalue weighted by Gasteiger charge is 2.31. The number of rotatable bonds is 7. The number of benzene rings is 1. The Bertz CT molecular complexity index is 929. The van der Waals surface area contributed by atoms with E-state index in [2.05, 4.69) is 15.3 Å². The van der Waals surface area contributed by atoms with Gasteiger partial charge in [-0.1, -0.05) is 13.8 Å². The molecule has 1 N–H and O–H groups in total. The Labute approximate surface area is 182 Å². The van der Waals surface area contributed by atoms with Crippen LogP contribution in [0.15, 0.2) is 24.5 Å². The molecule has 2 rings (SSSR count). The third kappa shape index (κ3) is 7.45. The lowest BCUT2D eigenvalue weighted by atomic mass is 9.91. The third-order valence-corrected chi connectivity index (χ3v) is 4.31. The fraction of sp³-hybridized carbons (Fsp3) is 0.522. The monoisotopic (exact) mass is 435 g/mol. The summed E-state index contributed by atoms with van der Waals surface area (Å²) >= 11 is 0. The molecule has 0 aliphatic heterocycles. The SMILES string of the molecule is Cc1cc(-c2cc(F)c(OC[C@](C)(CC(C)C)NC(=O)OC(C)(C)C)cc2F)ncn1. The van der Waals surface area contributed by atoms with Gasteiger partial charge >= 0.3 is 6.09 Å². The maximum atomic E-state index is 14.7. The van der Waals surface area contributed by atoms with Gasteiger partial charge in [0.1, 0.15) is 24.4 Å². The fourth-order valence-electron chi connectivity index (χ4n) is 3.27. The van der Waals surface area contributed by atoms with E-state index in [4.69, 9.17) is 9.47 Å². The van der Waals surface area contributed by atoms with Crippen LogP contribution in [-0.2, 0) is 4.74 Å². The molecule has 31 heavy (non-hydrogen) atoms. The number of carbonyl (C=O) groups excluding carboxylic acids is 1. The van der Waals surface area contributed by atoms with E-state index >= 15 is 0 Å². The molecule has 0 saturated carbocycles. The summed E-state index contributed by atoms with van der Waals surface area (Å²) in [5, 5.41) is 2.81. The van der Waals surface area contributed by atoms with E-state index in [1.165, 1.54) is 6.33 Å². The smallest absolute Gasteiger partial charge is 0.408 e. The van der Waals surface area contributed by atoms with Gasteiger partial charge < -0.3 is 14.8 Å². The summed E-state index contributed by atoms with van der Waals surface area (Å²) in [6.07, 6.45) is 1.25. The lowest BCUT2D eigenvalue weighted by Gasteiger charge is -2.33. The number of carbonyl (C=O) groups is 1. The van der Waals surface area contributed by atoms with Gasteiger partial charge in [-0.15, -0.1) is 0 Å². The van der Waals surface area contributed by atoms with Crippen LogP contribution in [0.2, 0.25) is 0 Å². The molecule has 2 aromatic rings. The van der Waals surface area contributed by atoms with E-state index < -0.39 is 28.9 Å². The average Bonchev–Trinajstić information content (AvgIpc) is 2.59. The van der Waals surface area contributed by atoms with Gasteiger partial charge in [0, 0.05) is 17.3 Å². The molecule has 170 valence electrons. The predicted molar refractivity (Wildman–Crippen MR) is 115 cm³/mol.